The predicted octanol–water partition coefficient (Wildman–Crippen LogP) is 8.48. The third-order valence-corrected chi connectivity index (χ3v) is 5.62. The number of unbranched alkanes of at least 4 members (excludes halogenated alkanes) is 21. The molecule has 0 spiro atoms. The van der Waals surface area contributed by atoms with Gasteiger partial charge in [-0.05, 0) is 6.42 Å². The van der Waals surface area contributed by atoms with Crippen LogP contribution in [0.3, 0.4) is 0 Å². The number of rotatable bonds is 23. The molecule has 0 radical (unpaired) electrons. The van der Waals surface area contributed by atoms with E-state index in [9.17, 15) is 0 Å². The van der Waals surface area contributed by atoms with Gasteiger partial charge in [-0.25, -0.2) is 5.90 Å². The molecular weight excluding hydrogens is 318 g/mol. The average Bonchev–Trinajstić information content (AvgIpc) is 2.66. The monoisotopic (exact) mass is 369 g/mol. The summed E-state index contributed by atoms with van der Waals surface area (Å²) < 4.78 is 0. The van der Waals surface area contributed by atoms with E-state index in [1.54, 1.807) is 0 Å². The summed E-state index contributed by atoms with van der Waals surface area (Å²) in [6, 6.07) is 0. The lowest BCUT2D eigenvalue weighted by Gasteiger charge is -2.04. The van der Waals surface area contributed by atoms with Crippen LogP contribution in [0, 0.1) is 0 Å². The van der Waals surface area contributed by atoms with Crippen LogP contribution in [0.15, 0.2) is 0 Å². The minimum atomic E-state index is 0.721. The zero-order valence-corrected chi connectivity index (χ0v) is 18.2. The summed E-state index contributed by atoms with van der Waals surface area (Å²) in [5.41, 5.74) is 0. The van der Waals surface area contributed by atoms with Crippen LogP contribution in [0.2, 0.25) is 0 Å². The van der Waals surface area contributed by atoms with Crippen molar-refractivity contribution in [3.05, 3.63) is 0 Å². The van der Waals surface area contributed by atoms with Crippen LogP contribution < -0.4 is 5.90 Å². The molecule has 0 aromatic heterocycles. The Morgan fingerprint density at radius 2 is 0.615 bits per heavy atom. The Kier molecular flexibility index (Phi) is 24.8. The molecule has 0 amide bonds. The molecule has 2 nitrogen and oxygen atoms in total. The first-order valence-corrected chi connectivity index (χ1v) is 12.2. The molecule has 0 saturated heterocycles. The molecule has 2 N–H and O–H groups in total. The van der Waals surface area contributed by atoms with Gasteiger partial charge in [0.05, 0.1) is 6.61 Å². The van der Waals surface area contributed by atoms with Crippen molar-refractivity contribution in [3.8, 4) is 0 Å². The second kappa shape index (κ2) is 24.9. The largest absolute Gasteiger partial charge is 0.305 e. The molecule has 0 fully saturated rings. The molecule has 0 bridgehead atoms. The Labute approximate surface area is 166 Å². The first-order chi connectivity index (χ1) is 12.9. The molecule has 158 valence electrons. The highest BCUT2D eigenvalue weighted by atomic mass is 16.6. The van der Waals surface area contributed by atoms with Gasteiger partial charge in [-0.15, -0.1) is 0 Å². The van der Waals surface area contributed by atoms with Crippen LogP contribution in [0.25, 0.3) is 0 Å². The van der Waals surface area contributed by atoms with E-state index >= 15 is 0 Å². The van der Waals surface area contributed by atoms with E-state index in [-0.39, 0.29) is 0 Å². The summed E-state index contributed by atoms with van der Waals surface area (Å²) in [6.07, 6.45) is 31.4. The Bertz CT molecular complexity index is 208. The van der Waals surface area contributed by atoms with Gasteiger partial charge in [0.15, 0.2) is 0 Å². The van der Waals surface area contributed by atoms with Gasteiger partial charge < -0.3 is 4.84 Å². The molecule has 0 aliphatic carbocycles. The Morgan fingerprint density at radius 3 is 0.846 bits per heavy atom. The van der Waals surface area contributed by atoms with Crippen molar-refractivity contribution >= 4 is 0 Å². The summed E-state index contributed by atoms with van der Waals surface area (Å²) in [5.74, 6) is 5.02. The topological polar surface area (TPSA) is 35.2 Å². The Morgan fingerprint density at radius 1 is 0.385 bits per heavy atom. The van der Waals surface area contributed by atoms with Crippen LogP contribution >= 0.6 is 0 Å². The molecule has 0 aliphatic rings. The smallest absolute Gasteiger partial charge is 0.0679 e. The van der Waals surface area contributed by atoms with Crippen molar-refractivity contribution in [2.75, 3.05) is 6.61 Å². The first kappa shape index (κ1) is 25.9. The average molecular weight is 370 g/mol. The summed E-state index contributed by atoms with van der Waals surface area (Å²) in [5, 5.41) is 0. The van der Waals surface area contributed by atoms with E-state index in [0.717, 1.165) is 13.0 Å². The van der Waals surface area contributed by atoms with Crippen molar-refractivity contribution in [1.29, 1.82) is 0 Å². The molecule has 26 heavy (non-hydrogen) atoms. The number of hydrogen-bond acceptors (Lipinski definition) is 2. The highest BCUT2D eigenvalue weighted by Gasteiger charge is 1.95. The van der Waals surface area contributed by atoms with Gasteiger partial charge in [0.1, 0.15) is 0 Å². The lowest BCUT2D eigenvalue weighted by atomic mass is 10.0. The van der Waals surface area contributed by atoms with E-state index < -0.39 is 0 Å². The van der Waals surface area contributed by atoms with E-state index in [0.29, 0.717) is 0 Å². The first-order valence-electron chi connectivity index (χ1n) is 12.2. The SMILES string of the molecule is CCCCCCCCCCCCCCCCCCCCCCCCON. The zero-order valence-electron chi connectivity index (χ0n) is 18.2. The highest BCUT2D eigenvalue weighted by Crippen LogP contribution is 2.15. The standard InChI is InChI=1S/C24H51NO/c1-2-3-4-5-6-7-8-9-10-11-12-13-14-15-16-17-18-19-20-21-22-23-24-26-25/h2-25H2,1H3. The molecule has 0 saturated carbocycles. The second-order valence-electron chi connectivity index (χ2n) is 8.30. The fraction of sp³-hybridized carbons (Fsp3) is 1.00. The molecule has 0 heterocycles. The van der Waals surface area contributed by atoms with Gasteiger partial charge in [0.25, 0.3) is 0 Å². The van der Waals surface area contributed by atoms with Gasteiger partial charge in [0.2, 0.25) is 0 Å². The Balaban J connectivity index is 2.95. The van der Waals surface area contributed by atoms with Gasteiger partial charge in [-0.1, -0.05) is 142 Å². The van der Waals surface area contributed by atoms with Gasteiger partial charge >= 0.3 is 0 Å². The third-order valence-electron chi connectivity index (χ3n) is 5.62. The molecule has 0 aromatic carbocycles. The van der Waals surface area contributed by atoms with Crippen molar-refractivity contribution < 1.29 is 4.84 Å². The fourth-order valence-corrected chi connectivity index (χ4v) is 3.79. The highest BCUT2D eigenvalue weighted by molar-refractivity contribution is 4.51. The van der Waals surface area contributed by atoms with Gasteiger partial charge in [0, 0.05) is 0 Å². The van der Waals surface area contributed by atoms with Crippen LogP contribution in [-0.2, 0) is 4.84 Å². The molecule has 2 heteroatoms. The molecule has 0 aliphatic heterocycles. The van der Waals surface area contributed by atoms with E-state index in [2.05, 4.69) is 11.8 Å². The van der Waals surface area contributed by atoms with Crippen molar-refractivity contribution in [2.45, 2.75) is 148 Å². The van der Waals surface area contributed by atoms with Gasteiger partial charge in [-0.2, -0.15) is 0 Å². The minimum absolute atomic E-state index is 0.721. The summed E-state index contributed by atoms with van der Waals surface area (Å²) >= 11 is 0. The maximum absolute atomic E-state index is 5.02. The van der Waals surface area contributed by atoms with Crippen LogP contribution in [0.1, 0.15) is 148 Å². The van der Waals surface area contributed by atoms with Crippen LogP contribution in [0.4, 0.5) is 0 Å². The summed E-state index contributed by atoms with van der Waals surface area (Å²) in [4.78, 5) is 4.59. The fourth-order valence-electron chi connectivity index (χ4n) is 3.79. The quantitative estimate of drug-likeness (QED) is 0.145. The summed E-state index contributed by atoms with van der Waals surface area (Å²) in [7, 11) is 0. The lowest BCUT2D eigenvalue weighted by molar-refractivity contribution is 0.133. The van der Waals surface area contributed by atoms with Gasteiger partial charge in [-0.3, -0.25) is 0 Å². The molecule has 0 aromatic rings. The maximum atomic E-state index is 5.02. The number of hydrogen-bond donors (Lipinski definition) is 1. The van der Waals surface area contributed by atoms with E-state index in [1.807, 2.05) is 0 Å². The Hall–Kier alpha value is -0.0800. The van der Waals surface area contributed by atoms with Crippen LogP contribution in [-0.4, -0.2) is 6.61 Å². The number of nitrogens with two attached hydrogens (primary N) is 1. The lowest BCUT2D eigenvalue weighted by Crippen LogP contribution is -2.00. The third kappa shape index (κ3) is 23.9. The zero-order chi connectivity index (χ0) is 19.0. The maximum Gasteiger partial charge on any atom is 0.0679 e. The summed E-state index contributed by atoms with van der Waals surface area (Å²) in [6.45, 7) is 3.02. The predicted molar refractivity (Wildman–Crippen MR) is 117 cm³/mol. The molecule has 0 rings (SSSR count). The molecule has 0 atom stereocenters. The van der Waals surface area contributed by atoms with E-state index in [4.69, 9.17) is 5.90 Å². The molecular formula is C24H51NO. The second-order valence-corrected chi connectivity index (χ2v) is 8.30. The van der Waals surface area contributed by atoms with Crippen LogP contribution in [0.5, 0.6) is 0 Å². The van der Waals surface area contributed by atoms with Crippen molar-refractivity contribution in [1.82, 2.24) is 0 Å². The van der Waals surface area contributed by atoms with Crippen molar-refractivity contribution in [2.24, 2.45) is 5.90 Å². The minimum Gasteiger partial charge on any atom is -0.305 e. The molecule has 0 unspecified atom stereocenters. The van der Waals surface area contributed by atoms with E-state index in [1.165, 1.54) is 135 Å². The normalized spacial score (nSPS) is 11.3. The van der Waals surface area contributed by atoms with Crippen molar-refractivity contribution in [3.63, 3.8) is 0 Å².